The summed E-state index contributed by atoms with van der Waals surface area (Å²) in [5, 5.41) is 10.8. The fourth-order valence-corrected chi connectivity index (χ4v) is 5.05. The summed E-state index contributed by atoms with van der Waals surface area (Å²) in [6.45, 7) is 11.1. The number of benzene rings is 1. The lowest BCUT2D eigenvalue weighted by molar-refractivity contribution is 0.140. The number of hydrogen-bond donors (Lipinski definition) is 1. The molecular weight excluding hydrogens is 280 g/mol. The summed E-state index contributed by atoms with van der Waals surface area (Å²) in [6, 6.07) is 4.44. The maximum absolute atomic E-state index is 10.8. The van der Waals surface area contributed by atoms with E-state index in [1.165, 1.54) is 60.8 Å². The van der Waals surface area contributed by atoms with Crippen LogP contribution in [0.5, 0.6) is 5.75 Å². The second kappa shape index (κ2) is 6.34. The first-order chi connectivity index (χ1) is 10.9. The van der Waals surface area contributed by atoms with E-state index in [0.29, 0.717) is 23.0 Å². The molecule has 2 bridgehead atoms. The van der Waals surface area contributed by atoms with Crippen LogP contribution in [0.2, 0.25) is 0 Å². The zero-order valence-corrected chi connectivity index (χ0v) is 15.1. The Labute approximate surface area is 141 Å². The van der Waals surface area contributed by atoms with Gasteiger partial charge >= 0.3 is 0 Å². The number of aromatic hydroxyl groups is 1. The van der Waals surface area contributed by atoms with Crippen LogP contribution in [0.15, 0.2) is 24.3 Å². The Kier molecular flexibility index (Phi) is 4.58. The fraction of sp³-hybridized carbons (Fsp3) is 0.636. The summed E-state index contributed by atoms with van der Waals surface area (Å²) in [5.74, 6) is 1.56. The van der Waals surface area contributed by atoms with Crippen LogP contribution in [0.4, 0.5) is 0 Å². The van der Waals surface area contributed by atoms with Gasteiger partial charge in [0, 0.05) is 5.56 Å². The lowest BCUT2D eigenvalue weighted by Crippen LogP contribution is -2.37. The Balaban J connectivity index is 1.96. The Morgan fingerprint density at radius 2 is 2.13 bits per heavy atom. The molecule has 1 heteroatoms. The minimum atomic E-state index is 0.415. The molecule has 3 atom stereocenters. The minimum Gasteiger partial charge on any atom is -0.508 e. The van der Waals surface area contributed by atoms with Gasteiger partial charge in [0.2, 0.25) is 0 Å². The van der Waals surface area contributed by atoms with E-state index in [2.05, 4.69) is 33.4 Å². The highest BCUT2D eigenvalue weighted by Crippen LogP contribution is 2.56. The molecule has 1 aromatic rings. The molecule has 0 aromatic heterocycles. The number of hydrogen-bond acceptors (Lipinski definition) is 1. The number of phenols is 1. The molecule has 1 saturated carbocycles. The molecule has 2 aliphatic carbocycles. The summed E-state index contributed by atoms with van der Waals surface area (Å²) in [4.78, 5) is 0. The molecule has 0 saturated heterocycles. The summed E-state index contributed by atoms with van der Waals surface area (Å²) in [5.41, 5.74) is 5.69. The lowest BCUT2D eigenvalue weighted by atomic mass is 9.56. The van der Waals surface area contributed by atoms with Crippen molar-refractivity contribution >= 4 is 0 Å². The van der Waals surface area contributed by atoms with Gasteiger partial charge in [0.05, 0.1) is 0 Å². The Bertz CT molecular complexity index is 600. The van der Waals surface area contributed by atoms with Crippen molar-refractivity contribution in [3.05, 3.63) is 41.0 Å². The molecule has 0 radical (unpaired) electrons. The van der Waals surface area contributed by atoms with Crippen LogP contribution in [0.3, 0.4) is 0 Å². The fourth-order valence-electron chi connectivity index (χ4n) is 5.05. The highest BCUT2D eigenvalue weighted by Gasteiger charge is 2.44. The molecule has 0 spiro atoms. The second-order valence-corrected chi connectivity index (χ2v) is 8.43. The predicted molar refractivity (Wildman–Crippen MR) is 98.0 cm³/mol. The number of fused-ring (bicyclic) bond motifs is 4. The summed E-state index contributed by atoms with van der Waals surface area (Å²) >= 11 is 0. The highest BCUT2D eigenvalue weighted by atomic mass is 16.3. The SMILES string of the molecule is C=C(C)C1CCC2(C)Cc3cc(CCCCC)cc(O)c3C1C2. The van der Waals surface area contributed by atoms with Gasteiger partial charge in [-0.25, -0.2) is 0 Å². The van der Waals surface area contributed by atoms with Crippen molar-refractivity contribution in [2.75, 3.05) is 0 Å². The predicted octanol–water partition coefficient (Wildman–Crippen LogP) is 6.15. The molecule has 0 amide bonds. The molecule has 1 nitrogen and oxygen atoms in total. The van der Waals surface area contributed by atoms with Crippen molar-refractivity contribution in [2.45, 2.75) is 78.1 Å². The number of allylic oxidation sites excluding steroid dienone is 1. The zero-order chi connectivity index (χ0) is 16.6. The van der Waals surface area contributed by atoms with E-state index >= 15 is 0 Å². The number of aryl methyl sites for hydroxylation is 1. The van der Waals surface area contributed by atoms with Gasteiger partial charge < -0.3 is 5.11 Å². The third-order valence-electron chi connectivity index (χ3n) is 6.25. The molecule has 2 aliphatic rings. The van der Waals surface area contributed by atoms with E-state index in [1.807, 2.05) is 6.07 Å². The molecule has 3 rings (SSSR count). The first-order valence-corrected chi connectivity index (χ1v) is 9.43. The van der Waals surface area contributed by atoms with E-state index in [9.17, 15) is 5.11 Å². The van der Waals surface area contributed by atoms with Crippen LogP contribution in [0.25, 0.3) is 0 Å². The van der Waals surface area contributed by atoms with E-state index in [-0.39, 0.29) is 0 Å². The van der Waals surface area contributed by atoms with Gasteiger partial charge in [0.15, 0.2) is 0 Å². The van der Waals surface area contributed by atoms with Crippen LogP contribution in [-0.2, 0) is 12.8 Å². The van der Waals surface area contributed by atoms with Crippen LogP contribution in [0.1, 0.15) is 81.9 Å². The third kappa shape index (κ3) is 3.20. The largest absolute Gasteiger partial charge is 0.508 e. The summed E-state index contributed by atoms with van der Waals surface area (Å²) < 4.78 is 0. The van der Waals surface area contributed by atoms with Crippen LogP contribution >= 0.6 is 0 Å². The van der Waals surface area contributed by atoms with Gasteiger partial charge in [-0.15, -0.1) is 0 Å². The summed E-state index contributed by atoms with van der Waals surface area (Å²) in [6.07, 6.45) is 9.71. The van der Waals surface area contributed by atoms with Gasteiger partial charge in [-0.1, -0.05) is 44.9 Å². The first kappa shape index (κ1) is 16.6. The van der Waals surface area contributed by atoms with E-state index < -0.39 is 0 Å². The first-order valence-electron chi connectivity index (χ1n) is 9.43. The molecule has 0 aliphatic heterocycles. The summed E-state index contributed by atoms with van der Waals surface area (Å²) in [7, 11) is 0. The highest BCUT2D eigenvalue weighted by molar-refractivity contribution is 5.49. The van der Waals surface area contributed by atoms with Crippen LogP contribution in [0, 0.1) is 11.3 Å². The molecule has 0 heterocycles. The standard InChI is InChI=1S/C22H32O/c1-5-6-7-8-16-11-17-13-22(4)10-9-18(15(2)3)19(14-22)21(17)20(23)12-16/h11-12,18-19,23H,2,5-10,13-14H2,1,3-4H3. The van der Waals surface area contributed by atoms with Gasteiger partial charge in [-0.3, -0.25) is 0 Å². The van der Waals surface area contributed by atoms with Gasteiger partial charge in [0.1, 0.15) is 5.75 Å². The van der Waals surface area contributed by atoms with Crippen molar-refractivity contribution < 1.29 is 5.11 Å². The molecule has 3 unspecified atom stereocenters. The van der Waals surface area contributed by atoms with Crippen LogP contribution < -0.4 is 0 Å². The molecule has 1 N–H and O–H groups in total. The Morgan fingerprint density at radius 3 is 2.83 bits per heavy atom. The van der Waals surface area contributed by atoms with Crippen molar-refractivity contribution in [1.29, 1.82) is 0 Å². The quantitative estimate of drug-likeness (QED) is 0.511. The van der Waals surface area contributed by atoms with Gasteiger partial charge in [0.25, 0.3) is 0 Å². The zero-order valence-electron chi connectivity index (χ0n) is 15.1. The van der Waals surface area contributed by atoms with Gasteiger partial charge in [-0.05, 0) is 79.9 Å². The van der Waals surface area contributed by atoms with Crippen molar-refractivity contribution in [1.82, 2.24) is 0 Å². The maximum Gasteiger partial charge on any atom is 0.119 e. The third-order valence-corrected chi connectivity index (χ3v) is 6.25. The van der Waals surface area contributed by atoms with Gasteiger partial charge in [-0.2, -0.15) is 0 Å². The molecule has 1 fully saturated rings. The van der Waals surface area contributed by atoms with E-state index in [1.54, 1.807) is 0 Å². The molecule has 23 heavy (non-hydrogen) atoms. The lowest BCUT2D eigenvalue weighted by Gasteiger charge is -2.48. The average Bonchev–Trinajstić information content (AvgIpc) is 2.46. The van der Waals surface area contributed by atoms with Crippen molar-refractivity contribution in [3.8, 4) is 5.75 Å². The minimum absolute atomic E-state index is 0.415. The molecular formula is C22H32O. The van der Waals surface area contributed by atoms with E-state index in [0.717, 1.165) is 12.8 Å². The van der Waals surface area contributed by atoms with Crippen molar-refractivity contribution in [2.24, 2.45) is 11.3 Å². The van der Waals surface area contributed by atoms with Crippen molar-refractivity contribution in [3.63, 3.8) is 0 Å². The number of phenolic OH excluding ortho intramolecular Hbond substituents is 1. The normalized spacial score (nSPS) is 29.2. The second-order valence-electron chi connectivity index (χ2n) is 8.43. The Hall–Kier alpha value is -1.24. The molecule has 1 aromatic carbocycles. The number of rotatable bonds is 5. The smallest absolute Gasteiger partial charge is 0.119 e. The Morgan fingerprint density at radius 1 is 1.35 bits per heavy atom. The molecule has 126 valence electrons. The number of unbranched alkanes of at least 4 members (excludes halogenated alkanes) is 2. The monoisotopic (exact) mass is 312 g/mol. The topological polar surface area (TPSA) is 20.2 Å². The van der Waals surface area contributed by atoms with Crippen LogP contribution in [-0.4, -0.2) is 5.11 Å². The maximum atomic E-state index is 10.8. The van der Waals surface area contributed by atoms with E-state index in [4.69, 9.17) is 0 Å². The average molecular weight is 312 g/mol.